The minimum absolute atomic E-state index is 0.0454. The molecule has 27 heavy (non-hydrogen) atoms. The van der Waals surface area contributed by atoms with Gasteiger partial charge in [-0.05, 0) is 38.0 Å². The van der Waals surface area contributed by atoms with Gasteiger partial charge in [-0.15, -0.1) is 0 Å². The zero-order valence-electron chi connectivity index (χ0n) is 15.5. The Hall–Kier alpha value is -2.93. The van der Waals surface area contributed by atoms with Crippen molar-refractivity contribution in [3.8, 4) is 0 Å². The van der Waals surface area contributed by atoms with Crippen molar-refractivity contribution in [1.82, 2.24) is 9.88 Å². The van der Waals surface area contributed by atoms with E-state index in [9.17, 15) is 14.4 Å². The summed E-state index contributed by atoms with van der Waals surface area (Å²) in [4.78, 5) is 36.7. The van der Waals surface area contributed by atoms with Gasteiger partial charge in [0, 0.05) is 32.0 Å². The van der Waals surface area contributed by atoms with Crippen LogP contribution in [0.25, 0.3) is 0 Å². The second-order valence-corrected chi connectivity index (χ2v) is 6.63. The monoisotopic (exact) mass is 369 g/mol. The van der Waals surface area contributed by atoms with Gasteiger partial charge in [-0.1, -0.05) is 12.1 Å². The fraction of sp³-hybridized carbons (Fsp3) is 0.350. The molecule has 0 bridgehead atoms. The van der Waals surface area contributed by atoms with Crippen LogP contribution in [0.2, 0.25) is 0 Å². The molecule has 1 aliphatic heterocycles. The largest absolute Gasteiger partial charge is 0.376 e. The fourth-order valence-corrected chi connectivity index (χ4v) is 3.07. The van der Waals surface area contributed by atoms with Gasteiger partial charge in [0.05, 0.1) is 17.4 Å². The Morgan fingerprint density at radius 2 is 2.00 bits per heavy atom. The van der Waals surface area contributed by atoms with Gasteiger partial charge < -0.3 is 19.9 Å². The number of hydrogen-bond donors (Lipinski definition) is 2. The van der Waals surface area contributed by atoms with Crippen molar-refractivity contribution in [2.24, 2.45) is 7.05 Å². The predicted molar refractivity (Wildman–Crippen MR) is 101 cm³/mol. The van der Waals surface area contributed by atoms with Gasteiger partial charge in [0.2, 0.25) is 0 Å². The van der Waals surface area contributed by atoms with E-state index in [0.717, 1.165) is 19.4 Å². The Balaban J connectivity index is 1.72. The predicted octanol–water partition coefficient (Wildman–Crippen LogP) is 2.39. The van der Waals surface area contributed by atoms with Crippen LogP contribution in [0.1, 0.15) is 51.0 Å². The van der Waals surface area contributed by atoms with Crippen LogP contribution in [0, 0.1) is 0 Å². The van der Waals surface area contributed by atoms with Gasteiger partial charge >= 0.3 is 0 Å². The fourth-order valence-electron chi connectivity index (χ4n) is 3.07. The van der Waals surface area contributed by atoms with Gasteiger partial charge in [-0.3, -0.25) is 14.4 Å². The summed E-state index contributed by atoms with van der Waals surface area (Å²) in [7, 11) is 1.70. The lowest BCUT2D eigenvalue weighted by Gasteiger charge is -2.14. The lowest BCUT2D eigenvalue weighted by Crippen LogP contribution is -2.32. The second kappa shape index (κ2) is 8.18. The van der Waals surface area contributed by atoms with E-state index in [1.165, 1.54) is 13.0 Å². The summed E-state index contributed by atoms with van der Waals surface area (Å²) in [6.07, 6.45) is 3.60. The Bertz CT molecular complexity index is 866. The van der Waals surface area contributed by atoms with Crippen molar-refractivity contribution in [3.05, 3.63) is 53.3 Å². The van der Waals surface area contributed by atoms with Gasteiger partial charge in [0.1, 0.15) is 5.69 Å². The summed E-state index contributed by atoms with van der Waals surface area (Å²) in [5.41, 5.74) is 1.60. The van der Waals surface area contributed by atoms with E-state index in [1.54, 1.807) is 42.1 Å². The third kappa shape index (κ3) is 4.43. The number of amides is 2. The number of nitrogens with one attached hydrogen (secondary N) is 2. The molecule has 2 amide bonds. The summed E-state index contributed by atoms with van der Waals surface area (Å²) < 4.78 is 7.10. The molecule has 0 aliphatic carbocycles. The van der Waals surface area contributed by atoms with Crippen LogP contribution < -0.4 is 10.6 Å². The van der Waals surface area contributed by atoms with Gasteiger partial charge in [0.25, 0.3) is 11.8 Å². The molecule has 2 heterocycles. The average Bonchev–Trinajstić information content (AvgIpc) is 3.29. The van der Waals surface area contributed by atoms with Crippen molar-refractivity contribution in [3.63, 3.8) is 0 Å². The number of Topliss-reactive ketones (excluding diaryl/α,β-unsaturated/α-hetero) is 1. The molecule has 3 rings (SSSR count). The standard InChI is InChI=1S/C20H23N3O4/c1-13(24)14-10-18(23(2)12-14)20(26)22-17-8-4-3-7-16(17)19(25)21-11-15-6-5-9-27-15/h3-4,7-8,10,12,15H,5-6,9,11H2,1-2H3,(H,21,25)(H,22,26)/t15-/m1/s1. The van der Waals surface area contributed by atoms with Crippen LogP contribution in [0.3, 0.4) is 0 Å². The van der Waals surface area contributed by atoms with Crippen LogP contribution in [-0.4, -0.2) is 41.4 Å². The third-order valence-corrected chi connectivity index (χ3v) is 4.58. The highest BCUT2D eigenvalue weighted by Gasteiger charge is 2.20. The first-order chi connectivity index (χ1) is 13.0. The van der Waals surface area contributed by atoms with E-state index in [0.29, 0.717) is 29.1 Å². The Morgan fingerprint density at radius 3 is 2.67 bits per heavy atom. The number of carbonyl (C=O) groups excluding carboxylic acids is 3. The molecular weight excluding hydrogens is 346 g/mol. The molecule has 1 aliphatic rings. The van der Waals surface area contributed by atoms with Gasteiger partial charge in [-0.2, -0.15) is 0 Å². The molecule has 0 saturated carbocycles. The molecule has 0 spiro atoms. The smallest absolute Gasteiger partial charge is 0.272 e. The van der Waals surface area contributed by atoms with E-state index in [1.807, 2.05) is 0 Å². The molecule has 0 radical (unpaired) electrons. The van der Waals surface area contributed by atoms with Crippen molar-refractivity contribution in [2.75, 3.05) is 18.5 Å². The molecule has 7 heteroatoms. The van der Waals surface area contributed by atoms with Crippen LogP contribution in [0.15, 0.2) is 36.5 Å². The number of para-hydroxylation sites is 1. The maximum atomic E-state index is 12.6. The average molecular weight is 369 g/mol. The Kier molecular flexibility index (Phi) is 5.71. The molecule has 1 aromatic carbocycles. The molecule has 1 aromatic heterocycles. The van der Waals surface area contributed by atoms with Gasteiger partial charge in [0.15, 0.2) is 5.78 Å². The zero-order chi connectivity index (χ0) is 19.4. The second-order valence-electron chi connectivity index (χ2n) is 6.63. The minimum atomic E-state index is -0.385. The van der Waals surface area contributed by atoms with Crippen molar-refractivity contribution in [1.29, 1.82) is 0 Å². The van der Waals surface area contributed by atoms with Crippen molar-refractivity contribution < 1.29 is 19.1 Å². The number of anilines is 1. The van der Waals surface area contributed by atoms with E-state index >= 15 is 0 Å². The summed E-state index contributed by atoms with van der Waals surface area (Å²) in [5, 5.41) is 5.63. The summed E-state index contributed by atoms with van der Waals surface area (Å²) in [5.74, 6) is -0.763. The number of aromatic nitrogens is 1. The molecule has 0 unspecified atom stereocenters. The molecular formula is C20H23N3O4. The topological polar surface area (TPSA) is 89.4 Å². The lowest BCUT2D eigenvalue weighted by molar-refractivity contribution is 0.0858. The lowest BCUT2D eigenvalue weighted by atomic mass is 10.1. The van der Waals surface area contributed by atoms with Crippen LogP contribution in [0.5, 0.6) is 0 Å². The van der Waals surface area contributed by atoms with Crippen molar-refractivity contribution >= 4 is 23.3 Å². The minimum Gasteiger partial charge on any atom is -0.376 e. The van der Waals surface area contributed by atoms with Crippen LogP contribution in [-0.2, 0) is 11.8 Å². The summed E-state index contributed by atoms with van der Waals surface area (Å²) in [6.45, 7) is 2.62. The molecule has 2 N–H and O–H groups in total. The first-order valence-corrected chi connectivity index (χ1v) is 8.93. The highest BCUT2D eigenvalue weighted by atomic mass is 16.5. The molecule has 7 nitrogen and oxygen atoms in total. The van der Waals surface area contributed by atoms with Crippen molar-refractivity contribution in [2.45, 2.75) is 25.9 Å². The molecule has 142 valence electrons. The zero-order valence-corrected chi connectivity index (χ0v) is 15.5. The molecule has 1 saturated heterocycles. The highest BCUT2D eigenvalue weighted by molar-refractivity contribution is 6.09. The maximum Gasteiger partial charge on any atom is 0.272 e. The maximum absolute atomic E-state index is 12.6. The summed E-state index contributed by atoms with van der Waals surface area (Å²) in [6, 6.07) is 8.36. The van der Waals surface area contributed by atoms with Crippen LogP contribution in [0.4, 0.5) is 5.69 Å². The number of nitrogens with zero attached hydrogens (tertiary/aromatic N) is 1. The number of carbonyl (C=O) groups is 3. The van der Waals surface area contributed by atoms with Crippen LogP contribution >= 0.6 is 0 Å². The quantitative estimate of drug-likeness (QED) is 0.765. The number of rotatable bonds is 6. The molecule has 1 atom stereocenters. The number of hydrogen-bond acceptors (Lipinski definition) is 4. The molecule has 2 aromatic rings. The van der Waals surface area contributed by atoms with E-state index < -0.39 is 0 Å². The van der Waals surface area contributed by atoms with E-state index in [-0.39, 0.29) is 23.7 Å². The Morgan fingerprint density at radius 1 is 1.22 bits per heavy atom. The number of aryl methyl sites for hydroxylation is 1. The number of ether oxygens (including phenoxy) is 1. The number of ketones is 1. The van der Waals surface area contributed by atoms with Gasteiger partial charge in [-0.25, -0.2) is 0 Å². The number of benzene rings is 1. The third-order valence-electron chi connectivity index (χ3n) is 4.58. The Labute approximate surface area is 157 Å². The highest BCUT2D eigenvalue weighted by Crippen LogP contribution is 2.18. The molecule has 1 fully saturated rings. The SMILES string of the molecule is CC(=O)c1cc(C(=O)Nc2ccccc2C(=O)NC[C@H]2CCCO2)n(C)c1. The van der Waals surface area contributed by atoms with E-state index in [2.05, 4.69) is 10.6 Å². The normalized spacial score (nSPS) is 16.1. The summed E-state index contributed by atoms with van der Waals surface area (Å²) >= 11 is 0. The first kappa shape index (κ1) is 18.8. The van der Waals surface area contributed by atoms with E-state index in [4.69, 9.17) is 4.74 Å². The first-order valence-electron chi connectivity index (χ1n) is 8.93.